The van der Waals surface area contributed by atoms with E-state index >= 15 is 0 Å². The molecule has 0 atom stereocenters. The standard InChI is InChI=1S/C3H9N.C3H4/c1-3(2)4;1-3-2/h3H,4H2,1-2H3;1-2H2. The van der Waals surface area contributed by atoms with Crippen LogP contribution < -0.4 is 5.73 Å². The summed E-state index contributed by atoms with van der Waals surface area (Å²) in [5.74, 6) is 0. The van der Waals surface area contributed by atoms with Gasteiger partial charge in [0.15, 0.2) is 0 Å². The summed E-state index contributed by atoms with van der Waals surface area (Å²) in [5.41, 5.74) is 7.36. The quantitative estimate of drug-likeness (QED) is 0.455. The van der Waals surface area contributed by atoms with Crippen molar-refractivity contribution in [3.8, 4) is 0 Å². The Morgan fingerprint density at radius 2 is 1.43 bits per heavy atom. The van der Waals surface area contributed by atoms with E-state index in [2.05, 4.69) is 18.9 Å². The molecular weight excluding hydrogens is 86.1 g/mol. The lowest BCUT2D eigenvalue weighted by molar-refractivity contribution is 0.834. The highest BCUT2D eigenvalue weighted by molar-refractivity contribution is 4.51. The molecule has 0 saturated heterocycles. The molecule has 0 aliphatic carbocycles. The normalized spacial score (nSPS) is 6.29. The summed E-state index contributed by atoms with van der Waals surface area (Å²) in [6.45, 7) is 10.1. The molecule has 0 spiro atoms. The molecule has 0 bridgehead atoms. The van der Waals surface area contributed by atoms with Gasteiger partial charge in [-0.25, -0.2) is 0 Å². The summed E-state index contributed by atoms with van der Waals surface area (Å²) < 4.78 is 0. The van der Waals surface area contributed by atoms with Crippen LogP contribution >= 0.6 is 0 Å². The Labute approximate surface area is 45.5 Å². The Hall–Kier alpha value is -0.520. The highest BCUT2D eigenvalue weighted by atomic mass is 14.6. The van der Waals surface area contributed by atoms with Gasteiger partial charge in [0.05, 0.1) is 0 Å². The monoisotopic (exact) mass is 99.1 g/mol. The van der Waals surface area contributed by atoms with Gasteiger partial charge in [0, 0.05) is 0 Å². The molecule has 0 fully saturated rings. The summed E-state index contributed by atoms with van der Waals surface area (Å²) >= 11 is 0. The molecule has 0 aromatic rings. The number of hydrogen-bond donors (Lipinski definition) is 1. The van der Waals surface area contributed by atoms with Crippen LogP contribution in [-0.4, -0.2) is 6.04 Å². The molecule has 2 N–H and O–H groups in total. The molecule has 1 heteroatoms. The Bertz CT molecular complexity index is 46.4. The van der Waals surface area contributed by atoms with E-state index in [1.807, 2.05) is 13.8 Å². The van der Waals surface area contributed by atoms with E-state index in [4.69, 9.17) is 5.73 Å². The topological polar surface area (TPSA) is 26.0 Å². The summed E-state index contributed by atoms with van der Waals surface area (Å²) in [6.07, 6.45) is 0. The van der Waals surface area contributed by atoms with Crippen molar-refractivity contribution in [2.75, 3.05) is 0 Å². The maximum absolute atomic E-state index is 5.11. The number of hydrogen-bond acceptors (Lipinski definition) is 1. The first kappa shape index (κ1) is 9.70. The average Bonchev–Trinajstić information content (AvgIpc) is 1.33. The van der Waals surface area contributed by atoms with Gasteiger partial charge in [0.25, 0.3) is 0 Å². The molecular formula is C6H13N. The van der Waals surface area contributed by atoms with Gasteiger partial charge in [-0.1, -0.05) is 27.0 Å². The van der Waals surface area contributed by atoms with Crippen LogP contribution in [0.3, 0.4) is 0 Å². The van der Waals surface area contributed by atoms with E-state index in [1.54, 1.807) is 0 Å². The molecule has 7 heavy (non-hydrogen) atoms. The van der Waals surface area contributed by atoms with E-state index in [0.29, 0.717) is 6.04 Å². The van der Waals surface area contributed by atoms with Gasteiger partial charge in [0.2, 0.25) is 0 Å². The molecule has 0 saturated carbocycles. The van der Waals surface area contributed by atoms with Crippen LogP contribution in [0.5, 0.6) is 0 Å². The fourth-order valence-electron chi connectivity index (χ4n) is 0. The van der Waals surface area contributed by atoms with Crippen LogP contribution in [0.25, 0.3) is 0 Å². The zero-order valence-electron chi connectivity index (χ0n) is 5.07. The van der Waals surface area contributed by atoms with Crippen LogP contribution in [0.4, 0.5) is 0 Å². The van der Waals surface area contributed by atoms with Gasteiger partial charge in [-0.05, 0) is 6.04 Å². The van der Waals surface area contributed by atoms with Crippen molar-refractivity contribution >= 4 is 0 Å². The molecule has 0 heterocycles. The third kappa shape index (κ3) is 245. The van der Waals surface area contributed by atoms with Crippen LogP contribution in [0, 0.1) is 0 Å². The largest absolute Gasteiger partial charge is 0.328 e. The van der Waals surface area contributed by atoms with Crippen LogP contribution in [0.2, 0.25) is 0 Å². The van der Waals surface area contributed by atoms with Gasteiger partial charge in [-0.2, -0.15) is 0 Å². The third-order valence-corrected chi connectivity index (χ3v) is 0. The minimum absolute atomic E-state index is 0.333. The lowest BCUT2D eigenvalue weighted by Gasteiger charge is -1.81. The van der Waals surface area contributed by atoms with Crippen LogP contribution in [-0.2, 0) is 0 Å². The fraction of sp³-hybridized carbons (Fsp3) is 0.500. The molecule has 0 aromatic carbocycles. The molecule has 0 aliphatic heterocycles. The first-order valence-corrected chi connectivity index (χ1v) is 2.20. The van der Waals surface area contributed by atoms with E-state index in [1.165, 1.54) is 0 Å². The summed E-state index contributed by atoms with van der Waals surface area (Å²) in [4.78, 5) is 0. The molecule has 0 amide bonds. The van der Waals surface area contributed by atoms with Crippen molar-refractivity contribution < 1.29 is 0 Å². The van der Waals surface area contributed by atoms with Crippen LogP contribution in [0.15, 0.2) is 18.9 Å². The Balaban J connectivity index is 0. The first-order valence-electron chi connectivity index (χ1n) is 2.20. The first-order chi connectivity index (χ1) is 3.15. The Morgan fingerprint density at radius 1 is 1.43 bits per heavy atom. The highest BCUT2D eigenvalue weighted by Crippen LogP contribution is 1.58. The van der Waals surface area contributed by atoms with Crippen molar-refractivity contribution in [2.45, 2.75) is 19.9 Å². The maximum Gasteiger partial charge on any atom is -0.00179 e. The number of rotatable bonds is 0. The molecule has 0 radical (unpaired) electrons. The SMILES string of the molecule is C=C=C.CC(C)N. The minimum Gasteiger partial charge on any atom is -0.328 e. The van der Waals surface area contributed by atoms with Crippen molar-refractivity contribution in [2.24, 2.45) is 5.73 Å². The second-order valence-corrected chi connectivity index (χ2v) is 1.49. The number of nitrogens with two attached hydrogens (primary N) is 1. The Kier molecular flexibility index (Phi) is 12.6. The molecule has 1 nitrogen and oxygen atoms in total. The van der Waals surface area contributed by atoms with Gasteiger partial charge in [0.1, 0.15) is 0 Å². The second kappa shape index (κ2) is 9.08. The van der Waals surface area contributed by atoms with E-state index < -0.39 is 0 Å². The second-order valence-electron chi connectivity index (χ2n) is 1.49. The molecule has 0 aromatic heterocycles. The van der Waals surface area contributed by atoms with Gasteiger partial charge < -0.3 is 5.73 Å². The zero-order valence-corrected chi connectivity index (χ0v) is 5.07. The van der Waals surface area contributed by atoms with Gasteiger partial charge in [-0.3, -0.25) is 0 Å². The zero-order chi connectivity index (χ0) is 6.28. The van der Waals surface area contributed by atoms with Crippen molar-refractivity contribution in [3.05, 3.63) is 18.9 Å². The lowest BCUT2D eigenvalue weighted by atomic mass is 10.5. The highest BCUT2D eigenvalue weighted by Gasteiger charge is 1.67. The Morgan fingerprint density at radius 3 is 1.43 bits per heavy atom. The lowest BCUT2D eigenvalue weighted by Crippen LogP contribution is -2.06. The van der Waals surface area contributed by atoms with Gasteiger partial charge in [-0.15, -0.1) is 5.73 Å². The molecule has 0 rings (SSSR count). The van der Waals surface area contributed by atoms with Crippen molar-refractivity contribution in [1.29, 1.82) is 0 Å². The predicted molar refractivity (Wildman–Crippen MR) is 34.1 cm³/mol. The minimum atomic E-state index is 0.333. The van der Waals surface area contributed by atoms with Crippen molar-refractivity contribution in [1.82, 2.24) is 0 Å². The van der Waals surface area contributed by atoms with E-state index in [-0.39, 0.29) is 0 Å². The summed E-state index contributed by atoms with van der Waals surface area (Å²) in [7, 11) is 0. The van der Waals surface area contributed by atoms with Crippen molar-refractivity contribution in [3.63, 3.8) is 0 Å². The fourth-order valence-corrected chi connectivity index (χ4v) is 0. The van der Waals surface area contributed by atoms with Gasteiger partial charge >= 0.3 is 0 Å². The molecule has 0 unspecified atom stereocenters. The van der Waals surface area contributed by atoms with E-state index in [0.717, 1.165) is 0 Å². The third-order valence-electron chi connectivity index (χ3n) is 0. The smallest absolute Gasteiger partial charge is 0.00179 e. The molecule has 0 aliphatic rings. The summed E-state index contributed by atoms with van der Waals surface area (Å²) in [6, 6.07) is 0.333. The summed E-state index contributed by atoms with van der Waals surface area (Å²) in [5, 5.41) is 0. The average molecular weight is 99.2 g/mol. The van der Waals surface area contributed by atoms with E-state index in [9.17, 15) is 0 Å². The predicted octanol–water partition coefficient (Wildman–Crippen LogP) is 1.31. The molecule has 42 valence electrons. The maximum atomic E-state index is 5.11. The van der Waals surface area contributed by atoms with Crippen LogP contribution in [0.1, 0.15) is 13.8 Å².